The third-order valence-corrected chi connectivity index (χ3v) is 4.74. The summed E-state index contributed by atoms with van der Waals surface area (Å²) in [4.78, 5) is 25.0. The van der Waals surface area contributed by atoms with E-state index in [1.165, 1.54) is 0 Å². The number of amides is 2. The van der Waals surface area contributed by atoms with Gasteiger partial charge in [0.05, 0.1) is 0 Å². The molecule has 0 aromatic heterocycles. The highest BCUT2D eigenvalue weighted by molar-refractivity contribution is 5.96. The number of benzene rings is 2. The van der Waals surface area contributed by atoms with Crippen LogP contribution < -0.4 is 22.1 Å². The van der Waals surface area contributed by atoms with E-state index in [0.29, 0.717) is 22.5 Å². The van der Waals surface area contributed by atoms with Crippen molar-refractivity contribution >= 4 is 23.2 Å². The molecule has 1 aliphatic carbocycles. The summed E-state index contributed by atoms with van der Waals surface area (Å²) in [5.41, 5.74) is 13.7. The van der Waals surface area contributed by atoms with E-state index >= 15 is 0 Å². The van der Waals surface area contributed by atoms with Crippen LogP contribution in [0.4, 0.5) is 11.4 Å². The van der Waals surface area contributed by atoms with Crippen molar-refractivity contribution in [3.05, 3.63) is 59.7 Å². The van der Waals surface area contributed by atoms with Crippen molar-refractivity contribution < 1.29 is 9.59 Å². The second-order valence-electron chi connectivity index (χ2n) is 6.69. The summed E-state index contributed by atoms with van der Waals surface area (Å²) in [6, 6.07) is 13.5. The van der Waals surface area contributed by atoms with Crippen LogP contribution in [-0.2, 0) is 0 Å². The van der Waals surface area contributed by atoms with Crippen molar-refractivity contribution in [1.29, 1.82) is 0 Å². The highest BCUT2D eigenvalue weighted by Crippen LogP contribution is 2.20. The number of nitrogens with one attached hydrogen (secondary N) is 2. The second-order valence-corrected chi connectivity index (χ2v) is 6.69. The molecule has 0 bridgehead atoms. The fraction of sp³-hybridized carbons (Fsp3) is 0.300. The first-order chi connectivity index (χ1) is 12.5. The minimum atomic E-state index is -0.149. The molecule has 1 fully saturated rings. The number of carbonyl (C=O) groups excluding carboxylic acids is 2. The molecule has 6 heteroatoms. The van der Waals surface area contributed by atoms with Crippen LogP contribution in [0.2, 0.25) is 0 Å². The van der Waals surface area contributed by atoms with Crippen molar-refractivity contribution in [3.63, 3.8) is 0 Å². The Bertz CT molecular complexity index is 704. The molecule has 136 valence electrons. The molecule has 1 aliphatic rings. The third kappa shape index (κ3) is 4.33. The summed E-state index contributed by atoms with van der Waals surface area (Å²) in [6.07, 6.45) is 3.74. The zero-order valence-electron chi connectivity index (χ0n) is 14.6. The Morgan fingerprint density at radius 3 is 1.38 bits per heavy atom. The number of nitrogens with two attached hydrogens (primary N) is 2. The van der Waals surface area contributed by atoms with E-state index in [9.17, 15) is 9.59 Å². The standard InChI is InChI=1S/C20H24N4O2/c21-15-9-5-13(6-10-15)19(25)23-17-3-1-2-4-18(17)24-20(26)14-7-11-16(22)12-8-14/h5-12,17-18H,1-4,21-22H2,(H,23,25)(H,24,26). The predicted molar refractivity (Wildman–Crippen MR) is 103 cm³/mol. The molecule has 3 rings (SSSR count). The van der Waals surface area contributed by atoms with Crippen molar-refractivity contribution in [3.8, 4) is 0 Å². The van der Waals surface area contributed by atoms with Gasteiger partial charge in [0.15, 0.2) is 0 Å². The van der Waals surface area contributed by atoms with E-state index in [1.807, 2.05) is 0 Å². The maximum absolute atomic E-state index is 12.5. The molecule has 0 spiro atoms. The Hall–Kier alpha value is -3.02. The summed E-state index contributed by atoms with van der Waals surface area (Å²) < 4.78 is 0. The summed E-state index contributed by atoms with van der Waals surface area (Å²) in [5.74, 6) is -0.299. The lowest BCUT2D eigenvalue weighted by molar-refractivity contribution is 0.0863. The van der Waals surface area contributed by atoms with Crippen LogP contribution in [0.25, 0.3) is 0 Å². The molecular formula is C20H24N4O2. The first-order valence-corrected chi connectivity index (χ1v) is 8.86. The van der Waals surface area contributed by atoms with Crippen molar-refractivity contribution in [2.45, 2.75) is 37.8 Å². The van der Waals surface area contributed by atoms with E-state index in [1.54, 1.807) is 48.5 Å². The topological polar surface area (TPSA) is 110 Å². The maximum atomic E-state index is 12.5. The average molecular weight is 352 g/mol. The predicted octanol–water partition coefficient (Wildman–Crippen LogP) is 2.32. The Kier molecular flexibility index (Phi) is 5.41. The normalized spacial score (nSPS) is 19.5. The van der Waals surface area contributed by atoms with Gasteiger partial charge < -0.3 is 22.1 Å². The van der Waals surface area contributed by atoms with Gasteiger partial charge in [-0.15, -0.1) is 0 Å². The number of hydrogen-bond donors (Lipinski definition) is 4. The quantitative estimate of drug-likeness (QED) is 0.633. The summed E-state index contributed by atoms with van der Waals surface area (Å²) >= 11 is 0. The zero-order valence-corrected chi connectivity index (χ0v) is 14.6. The summed E-state index contributed by atoms with van der Waals surface area (Å²) in [7, 11) is 0. The fourth-order valence-electron chi connectivity index (χ4n) is 3.25. The first kappa shape index (κ1) is 17.8. The van der Waals surface area contributed by atoms with Crippen molar-refractivity contribution in [1.82, 2.24) is 10.6 Å². The molecule has 0 aliphatic heterocycles. The molecule has 6 nitrogen and oxygen atoms in total. The van der Waals surface area contributed by atoms with E-state index in [-0.39, 0.29) is 23.9 Å². The second kappa shape index (κ2) is 7.91. The monoisotopic (exact) mass is 352 g/mol. The van der Waals surface area contributed by atoms with Crippen LogP contribution in [-0.4, -0.2) is 23.9 Å². The van der Waals surface area contributed by atoms with Crippen LogP contribution in [0.3, 0.4) is 0 Å². The molecule has 2 aromatic carbocycles. The Morgan fingerprint density at radius 2 is 1.04 bits per heavy atom. The minimum Gasteiger partial charge on any atom is -0.399 e. The highest BCUT2D eigenvalue weighted by atomic mass is 16.2. The molecule has 6 N–H and O–H groups in total. The molecule has 2 amide bonds. The Labute approximate surface area is 153 Å². The number of anilines is 2. The van der Waals surface area contributed by atoms with Gasteiger partial charge in [-0.3, -0.25) is 9.59 Å². The van der Waals surface area contributed by atoms with Crippen LogP contribution in [0.15, 0.2) is 48.5 Å². The molecule has 0 radical (unpaired) electrons. The maximum Gasteiger partial charge on any atom is 0.251 e. The molecule has 26 heavy (non-hydrogen) atoms. The van der Waals surface area contributed by atoms with E-state index in [4.69, 9.17) is 11.5 Å². The Balaban J connectivity index is 1.65. The lowest BCUT2D eigenvalue weighted by Gasteiger charge is -2.33. The molecular weight excluding hydrogens is 328 g/mol. The van der Waals surface area contributed by atoms with Gasteiger partial charge in [-0.05, 0) is 61.4 Å². The molecule has 2 aromatic rings. The van der Waals surface area contributed by atoms with Gasteiger partial charge in [0.1, 0.15) is 0 Å². The third-order valence-electron chi connectivity index (χ3n) is 4.74. The van der Waals surface area contributed by atoms with Gasteiger partial charge in [-0.1, -0.05) is 12.8 Å². The number of carbonyl (C=O) groups is 2. The first-order valence-electron chi connectivity index (χ1n) is 8.86. The minimum absolute atomic E-state index is 0.0912. The van der Waals surface area contributed by atoms with Crippen molar-refractivity contribution in [2.24, 2.45) is 0 Å². The van der Waals surface area contributed by atoms with Crippen molar-refractivity contribution in [2.75, 3.05) is 11.5 Å². The van der Waals surface area contributed by atoms with Crippen LogP contribution in [0, 0.1) is 0 Å². The van der Waals surface area contributed by atoms with Gasteiger partial charge in [0.2, 0.25) is 0 Å². The molecule has 2 atom stereocenters. The largest absolute Gasteiger partial charge is 0.399 e. The lowest BCUT2D eigenvalue weighted by Crippen LogP contribution is -2.53. The van der Waals surface area contributed by atoms with Gasteiger partial charge >= 0.3 is 0 Å². The molecule has 2 unspecified atom stereocenters. The SMILES string of the molecule is Nc1ccc(C(=O)NC2CCCCC2NC(=O)c2ccc(N)cc2)cc1. The van der Waals surface area contributed by atoms with Gasteiger partial charge in [-0.2, -0.15) is 0 Å². The average Bonchev–Trinajstić information content (AvgIpc) is 2.64. The van der Waals surface area contributed by atoms with Gasteiger partial charge in [0, 0.05) is 34.6 Å². The zero-order chi connectivity index (χ0) is 18.5. The molecule has 0 saturated heterocycles. The lowest BCUT2D eigenvalue weighted by atomic mass is 9.89. The van der Waals surface area contributed by atoms with E-state index in [2.05, 4.69) is 10.6 Å². The fourth-order valence-corrected chi connectivity index (χ4v) is 3.25. The number of hydrogen-bond acceptors (Lipinski definition) is 4. The van der Waals surface area contributed by atoms with Crippen LogP contribution in [0.5, 0.6) is 0 Å². The van der Waals surface area contributed by atoms with E-state index < -0.39 is 0 Å². The highest BCUT2D eigenvalue weighted by Gasteiger charge is 2.28. The van der Waals surface area contributed by atoms with Gasteiger partial charge in [-0.25, -0.2) is 0 Å². The number of nitrogen functional groups attached to an aromatic ring is 2. The number of rotatable bonds is 4. The van der Waals surface area contributed by atoms with Crippen LogP contribution in [0.1, 0.15) is 46.4 Å². The molecule has 1 saturated carbocycles. The summed E-state index contributed by atoms with van der Waals surface area (Å²) in [5, 5.41) is 6.11. The summed E-state index contributed by atoms with van der Waals surface area (Å²) in [6.45, 7) is 0. The molecule has 0 heterocycles. The Morgan fingerprint density at radius 1 is 0.692 bits per heavy atom. The smallest absolute Gasteiger partial charge is 0.251 e. The van der Waals surface area contributed by atoms with E-state index in [0.717, 1.165) is 25.7 Å². The van der Waals surface area contributed by atoms with Crippen LogP contribution >= 0.6 is 0 Å². The van der Waals surface area contributed by atoms with Gasteiger partial charge in [0.25, 0.3) is 11.8 Å².